The highest BCUT2D eigenvalue weighted by Gasteiger charge is 2.20. The van der Waals surface area contributed by atoms with Crippen molar-refractivity contribution in [3.05, 3.63) is 30.3 Å². The lowest BCUT2D eigenvalue weighted by Crippen LogP contribution is -2.27. The van der Waals surface area contributed by atoms with Crippen LogP contribution < -0.4 is 5.32 Å². The van der Waals surface area contributed by atoms with E-state index in [9.17, 15) is 4.79 Å². The van der Waals surface area contributed by atoms with Crippen LogP contribution in [0.25, 0.3) is 0 Å². The van der Waals surface area contributed by atoms with Gasteiger partial charge in [0, 0.05) is 11.7 Å². The Morgan fingerprint density at radius 1 is 1.12 bits per heavy atom. The second kappa shape index (κ2) is 5.47. The van der Waals surface area contributed by atoms with Crippen molar-refractivity contribution >= 4 is 11.8 Å². The lowest BCUT2D eigenvalue weighted by molar-refractivity contribution is 0.410. The molecule has 16 heavy (non-hydrogen) atoms. The Labute approximate surface area is 95.6 Å². The Kier molecular flexibility index (Phi) is 3.73. The van der Waals surface area contributed by atoms with Crippen molar-refractivity contribution in [3.8, 4) is 0 Å². The highest BCUT2D eigenvalue weighted by molar-refractivity contribution is 5.43. The van der Waals surface area contributed by atoms with E-state index >= 15 is 0 Å². The average molecular weight is 216 g/mol. The summed E-state index contributed by atoms with van der Waals surface area (Å²) in [6.07, 6.45) is 5.78. The predicted molar refractivity (Wildman–Crippen MR) is 64.2 cm³/mol. The quantitative estimate of drug-likeness (QED) is 0.623. The molecule has 0 amide bonds. The molecule has 0 radical (unpaired) electrons. The molecule has 1 aromatic carbocycles. The highest BCUT2D eigenvalue weighted by atomic mass is 16.1. The second-order valence-electron chi connectivity index (χ2n) is 4.24. The van der Waals surface area contributed by atoms with Gasteiger partial charge in [0.2, 0.25) is 6.08 Å². The minimum absolute atomic E-state index is 0.200. The average Bonchev–Trinajstić information content (AvgIpc) is 2.33. The van der Waals surface area contributed by atoms with E-state index in [0.29, 0.717) is 6.04 Å². The van der Waals surface area contributed by atoms with Crippen LogP contribution in [0.5, 0.6) is 0 Å². The minimum atomic E-state index is 0.200. The summed E-state index contributed by atoms with van der Waals surface area (Å²) in [7, 11) is 0. The van der Waals surface area contributed by atoms with Gasteiger partial charge in [-0.3, -0.25) is 0 Å². The molecule has 0 aliphatic heterocycles. The zero-order valence-corrected chi connectivity index (χ0v) is 9.23. The molecule has 0 spiro atoms. The number of nitrogens with zero attached hydrogens (tertiary/aromatic N) is 1. The highest BCUT2D eigenvalue weighted by Crippen LogP contribution is 2.23. The molecule has 1 aliphatic rings. The summed E-state index contributed by atoms with van der Waals surface area (Å²) in [5, 5.41) is 3.50. The maximum atomic E-state index is 10.1. The SMILES string of the molecule is O=C=NC1CCC(Nc2ccccc2)CC1. The van der Waals surface area contributed by atoms with Gasteiger partial charge in [0.05, 0.1) is 6.04 Å². The summed E-state index contributed by atoms with van der Waals surface area (Å²) in [5.41, 5.74) is 1.17. The van der Waals surface area contributed by atoms with Gasteiger partial charge in [-0.25, -0.2) is 9.79 Å². The monoisotopic (exact) mass is 216 g/mol. The number of carbonyl (C=O) groups excluding carboxylic acids is 1. The van der Waals surface area contributed by atoms with E-state index in [4.69, 9.17) is 0 Å². The third-order valence-corrected chi connectivity index (χ3v) is 3.08. The third-order valence-electron chi connectivity index (χ3n) is 3.08. The molecule has 2 rings (SSSR count). The number of hydrogen-bond acceptors (Lipinski definition) is 3. The van der Waals surface area contributed by atoms with Crippen LogP contribution in [0.3, 0.4) is 0 Å². The molecule has 1 N–H and O–H groups in total. The van der Waals surface area contributed by atoms with E-state index in [2.05, 4.69) is 22.4 Å². The van der Waals surface area contributed by atoms with Gasteiger partial charge in [0.25, 0.3) is 0 Å². The van der Waals surface area contributed by atoms with Crippen LogP contribution in [0, 0.1) is 0 Å². The Bertz CT molecular complexity index is 363. The first-order valence-corrected chi connectivity index (χ1v) is 5.77. The Morgan fingerprint density at radius 2 is 1.81 bits per heavy atom. The van der Waals surface area contributed by atoms with E-state index in [1.807, 2.05) is 18.2 Å². The molecule has 0 heterocycles. The van der Waals surface area contributed by atoms with Crippen molar-refractivity contribution in [2.75, 3.05) is 5.32 Å². The summed E-state index contributed by atoms with van der Waals surface area (Å²) < 4.78 is 0. The van der Waals surface area contributed by atoms with Crippen molar-refractivity contribution in [1.29, 1.82) is 0 Å². The van der Waals surface area contributed by atoms with Gasteiger partial charge in [-0.1, -0.05) is 18.2 Å². The Hall–Kier alpha value is -1.60. The standard InChI is InChI=1S/C13H16N2O/c16-10-14-11-6-8-13(9-7-11)15-12-4-2-1-3-5-12/h1-5,11,13,15H,6-9H2. The van der Waals surface area contributed by atoms with Crippen LogP contribution in [-0.4, -0.2) is 18.2 Å². The molecule has 0 saturated heterocycles. The summed E-state index contributed by atoms with van der Waals surface area (Å²) >= 11 is 0. The van der Waals surface area contributed by atoms with Crippen LogP contribution >= 0.6 is 0 Å². The predicted octanol–water partition coefficient (Wildman–Crippen LogP) is 2.75. The number of benzene rings is 1. The zero-order chi connectivity index (χ0) is 11.2. The normalized spacial score (nSPS) is 24.5. The van der Waals surface area contributed by atoms with E-state index < -0.39 is 0 Å². The number of nitrogens with one attached hydrogen (secondary N) is 1. The van der Waals surface area contributed by atoms with Crippen LogP contribution in [0.15, 0.2) is 35.3 Å². The second-order valence-corrected chi connectivity index (χ2v) is 4.24. The smallest absolute Gasteiger partial charge is 0.235 e. The topological polar surface area (TPSA) is 41.5 Å². The molecule has 0 bridgehead atoms. The van der Waals surface area contributed by atoms with E-state index in [0.717, 1.165) is 25.7 Å². The van der Waals surface area contributed by atoms with Gasteiger partial charge in [-0.05, 0) is 37.8 Å². The maximum Gasteiger partial charge on any atom is 0.235 e. The fourth-order valence-corrected chi connectivity index (χ4v) is 2.19. The Balaban J connectivity index is 1.84. The van der Waals surface area contributed by atoms with Crippen molar-refractivity contribution in [2.45, 2.75) is 37.8 Å². The third kappa shape index (κ3) is 2.94. The zero-order valence-electron chi connectivity index (χ0n) is 9.23. The number of anilines is 1. The number of isocyanates is 1. The summed E-state index contributed by atoms with van der Waals surface area (Å²) in [5.74, 6) is 0. The molecule has 1 aliphatic carbocycles. The van der Waals surface area contributed by atoms with Gasteiger partial charge in [0.15, 0.2) is 0 Å². The van der Waals surface area contributed by atoms with Gasteiger partial charge in [-0.15, -0.1) is 0 Å². The fourth-order valence-electron chi connectivity index (χ4n) is 2.19. The maximum absolute atomic E-state index is 10.1. The van der Waals surface area contributed by atoms with Gasteiger partial charge < -0.3 is 5.32 Å². The number of para-hydroxylation sites is 1. The molecule has 1 aromatic rings. The largest absolute Gasteiger partial charge is 0.382 e. The van der Waals surface area contributed by atoms with Gasteiger partial charge in [-0.2, -0.15) is 0 Å². The van der Waals surface area contributed by atoms with E-state index in [1.54, 1.807) is 6.08 Å². The summed E-state index contributed by atoms with van der Waals surface area (Å²) in [6, 6.07) is 11.0. The van der Waals surface area contributed by atoms with Gasteiger partial charge in [0.1, 0.15) is 0 Å². The lowest BCUT2D eigenvalue weighted by atomic mass is 9.91. The number of hydrogen-bond donors (Lipinski definition) is 1. The molecule has 3 nitrogen and oxygen atoms in total. The minimum Gasteiger partial charge on any atom is -0.382 e. The first-order chi connectivity index (χ1) is 7.88. The van der Waals surface area contributed by atoms with E-state index in [-0.39, 0.29) is 6.04 Å². The molecular formula is C13H16N2O. The molecule has 0 atom stereocenters. The summed E-state index contributed by atoms with van der Waals surface area (Å²) in [4.78, 5) is 13.9. The molecule has 1 fully saturated rings. The molecule has 84 valence electrons. The molecule has 0 aromatic heterocycles. The van der Waals surface area contributed by atoms with Crippen molar-refractivity contribution < 1.29 is 4.79 Å². The van der Waals surface area contributed by atoms with Crippen molar-refractivity contribution in [1.82, 2.24) is 0 Å². The molecule has 1 saturated carbocycles. The summed E-state index contributed by atoms with van der Waals surface area (Å²) in [6.45, 7) is 0. The molecular weight excluding hydrogens is 200 g/mol. The Morgan fingerprint density at radius 3 is 2.44 bits per heavy atom. The van der Waals surface area contributed by atoms with Gasteiger partial charge >= 0.3 is 0 Å². The fraction of sp³-hybridized carbons (Fsp3) is 0.462. The van der Waals surface area contributed by atoms with Crippen LogP contribution in [0.1, 0.15) is 25.7 Å². The van der Waals surface area contributed by atoms with Crippen LogP contribution in [0.2, 0.25) is 0 Å². The van der Waals surface area contributed by atoms with Crippen LogP contribution in [-0.2, 0) is 4.79 Å². The van der Waals surface area contributed by atoms with Crippen LogP contribution in [0.4, 0.5) is 5.69 Å². The first kappa shape index (κ1) is 10.9. The first-order valence-electron chi connectivity index (χ1n) is 5.77. The number of aliphatic imine (C=N–C) groups is 1. The molecule has 3 heteroatoms. The van der Waals surface area contributed by atoms with Crippen molar-refractivity contribution in [2.24, 2.45) is 4.99 Å². The number of rotatable bonds is 3. The van der Waals surface area contributed by atoms with E-state index in [1.165, 1.54) is 5.69 Å². The van der Waals surface area contributed by atoms with Crippen molar-refractivity contribution in [3.63, 3.8) is 0 Å². The molecule has 0 unspecified atom stereocenters. The lowest BCUT2D eigenvalue weighted by Gasteiger charge is -2.27.